The van der Waals surface area contributed by atoms with Gasteiger partial charge in [-0.1, -0.05) is 154 Å². The number of carbonyl (C=O) groups is 3. The highest BCUT2D eigenvalue weighted by atomic mass is 35.5. The number of rotatable bonds is 25. The van der Waals surface area contributed by atoms with E-state index in [0.29, 0.717) is 23.8 Å². The Bertz CT molecular complexity index is 2340. The number of thiocarbonyl (C=S) groups is 2. The quantitative estimate of drug-likeness (QED) is 0.0174. The van der Waals surface area contributed by atoms with Crippen LogP contribution in [0.15, 0.2) is 187 Å². The molecule has 6 aromatic rings. The van der Waals surface area contributed by atoms with Crippen molar-refractivity contribution in [1.29, 1.82) is 0 Å². The van der Waals surface area contributed by atoms with E-state index in [-0.39, 0.29) is 42.7 Å². The fourth-order valence-electron chi connectivity index (χ4n) is 8.30. The fourth-order valence-corrected chi connectivity index (χ4v) is 17.4. The Morgan fingerprint density at radius 2 is 0.689 bits per heavy atom. The van der Waals surface area contributed by atoms with Gasteiger partial charge in [-0.3, -0.25) is 19.4 Å². The van der Waals surface area contributed by atoms with Gasteiger partial charge in [-0.2, -0.15) is 0 Å². The molecular formula is C61H79ClN4O4P2S2. The molecule has 0 spiro atoms. The van der Waals surface area contributed by atoms with Crippen LogP contribution in [0.2, 0.25) is 0 Å². The van der Waals surface area contributed by atoms with E-state index in [1.807, 2.05) is 0 Å². The number of hydrogen-bond acceptors (Lipinski definition) is 8. The highest BCUT2D eigenvalue weighted by molar-refractivity contribution is 7.96. The van der Waals surface area contributed by atoms with Crippen LogP contribution < -0.4 is 60.6 Å². The molecule has 0 bridgehead atoms. The maximum Gasteiger partial charge on any atom is 0.195 e. The number of aliphatic imine (C=N–C) groups is 1. The average Bonchev–Trinajstić information content (AvgIpc) is 3.41. The Morgan fingerprint density at radius 1 is 0.432 bits per heavy atom. The van der Waals surface area contributed by atoms with Crippen LogP contribution in [0.1, 0.15) is 86.5 Å². The Kier molecular flexibility index (Phi) is 33.9. The molecule has 13 heteroatoms. The summed E-state index contributed by atoms with van der Waals surface area (Å²) in [5.41, 5.74) is 6.07. The molecule has 0 radical (unpaired) electrons. The molecule has 0 saturated carbocycles. The van der Waals surface area contributed by atoms with Crippen molar-refractivity contribution in [2.45, 2.75) is 86.5 Å². The number of nitrogens with one attached hydrogen (secondary N) is 2. The normalized spacial score (nSPS) is 10.7. The van der Waals surface area contributed by atoms with Crippen LogP contribution in [0, 0.1) is 0 Å². The molecule has 74 heavy (non-hydrogen) atoms. The van der Waals surface area contributed by atoms with Crippen LogP contribution in [0.4, 0.5) is 0 Å². The van der Waals surface area contributed by atoms with Crippen LogP contribution in [-0.4, -0.2) is 77.0 Å². The third-order valence-electron chi connectivity index (χ3n) is 12.3. The van der Waals surface area contributed by atoms with Crippen molar-refractivity contribution in [1.82, 2.24) is 10.6 Å². The van der Waals surface area contributed by atoms with Gasteiger partial charge in [-0.25, -0.2) is 0 Å². The summed E-state index contributed by atoms with van der Waals surface area (Å²) in [4.78, 5) is 36.6. The lowest BCUT2D eigenvalue weighted by molar-refractivity contribution is -0.134. The van der Waals surface area contributed by atoms with E-state index >= 15 is 0 Å². The van der Waals surface area contributed by atoms with Gasteiger partial charge in [0.15, 0.2) is 17.3 Å². The molecule has 0 saturated heterocycles. The van der Waals surface area contributed by atoms with Gasteiger partial charge in [-0.05, 0) is 118 Å². The van der Waals surface area contributed by atoms with Crippen LogP contribution in [0.3, 0.4) is 0 Å². The minimum absolute atomic E-state index is 0. The number of nitrogens with zero attached hydrogens (tertiary/aromatic N) is 1. The fraction of sp³-hybridized carbons (Fsp3) is 0.311. The summed E-state index contributed by atoms with van der Waals surface area (Å²) in [5, 5.41) is 15.3. The molecule has 0 unspecified atom stereocenters. The number of benzene rings is 6. The topological polar surface area (TPSA) is 144 Å². The van der Waals surface area contributed by atoms with E-state index in [2.05, 4.69) is 198 Å². The molecule has 8 nitrogen and oxygen atoms in total. The zero-order valence-corrected chi connectivity index (χ0v) is 47.2. The molecule has 396 valence electrons. The molecule has 6 aromatic carbocycles. The number of carbonyl (C=O) groups excluding carboxylic acids is 3. The van der Waals surface area contributed by atoms with E-state index in [9.17, 15) is 14.4 Å². The monoisotopic (exact) mass is 1090 g/mol. The van der Waals surface area contributed by atoms with Gasteiger partial charge in [0.25, 0.3) is 0 Å². The number of Topliss-reactive ketones (excluding diaryl/α,β-unsaturated/α-hetero) is 3. The van der Waals surface area contributed by atoms with Crippen LogP contribution >= 0.6 is 39.0 Å². The van der Waals surface area contributed by atoms with Gasteiger partial charge in [0.2, 0.25) is 0 Å². The van der Waals surface area contributed by atoms with Crippen molar-refractivity contribution in [3.8, 4) is 0 Å². The summed E-state index contributed by atoms with van der Waals surface area (Å²) in [6, 6.07) is 66.7. The predicted octanol–water partition coefficient (Wildman–Crippen LogP) is 7.55. The molecule has 5 N–H and O–H groups in total. The Hall–Kier alpha value is -5.15. The first-order valence-electron chi connectivity index (χ1n) is 24.8. The summed E-state index contributed by atoms with van der Waals surface area (Å²) in [6.07, 6.45) is 11.7. The summed E-state index contributed by atoms with van der Waals surface area (Å²) < 4.78 is 0. The highest BCUT2D eigenvalue weighted by Crippen LogP contribution is 2.57. The second kappa shape index (κ2) is 37.6. The van der Waals surface area contributed by atoms with Crippen LogP contribution in [0.5, 0.6) is 0 Å². The van der Waals surface area contributed by atoms with Crippen molar-refractivity contribution in [2.75, 3.05) is 38.5 Å². The molecule has 0 fully saturated rings. The second-order valence-electron chi connectivity index (χ2n) is 17.4. The van der Waals surface area contributed by atoms with E-state index in [4.69, 9.17) is 30.2 Å². The summed E-state index contributed by atoms with van der Waals surface area (Å²) >= 11 is 10.5. The van der Waals surface area contributed by atoms with Gasteiger partial charge in [0.1, 0.15) is 46.4 Å². The SMILES string of the molecule is C.CC(=O)C(C)=NCC(=S)NCCCCCC[P+](c1ccccc1)(c1ccccc1)c1ccccc1.CC(=O)C(C)=O.NCC(=S)NCCCCCC[P+](c1ccccc1)(c1ccccc1)c1ccccc1.[Cl-].[OH-]. The Balaban J connectivity index is 0.000000647. The summed E-state index contributed by atoms with van der Waals surface area (Å²) in [6.45, 7) is 8.36. The predicted molar refractivity (Wildman–Crippen MR) is 326 cm³/mol. The van der Waals surface area contributed by atoms with Crippen LogP contribution in [-0.2, 0) is 14.4 Å². The first-order valence-corrected chi connectivity index (χ1v) is 29.6. The maximum atomic E-state index is 11.3. The maximum absolute atomic E-state index is 11.3. The molecule has 0 aliphatic carbocycles. The second-order valence-corrected chi connectivity index (χ2v) is 25.6. The third-order valence-corrected chi connectivity index (χ3v) is 22.0. The first-order chi connectivity index (χ1) is 34.4. The van der Waals surface area contributed by atoms with Crippen molar-refractivity contribution >= 4 is 104 Å². The Labute approximate surface area is 461 Å². The molecular weight excluding hydrogens is 1010 g/mol. The van der Waals surface area contributed by atoms with E-state index in [1.54, 1.807) is 6.92 Å². The third kappa shape index (κ3) is 21.6. The molecule has 0 heterocycles. The zero-order chi connectivity index (χ0) is 51.2. The minimum Gasteiger partial charge on any atom is -1.00 e. The number of unbranched alkanes of at least 4 members (excludes halogenated alkanes) is 6. The minimum atomic E-state index is -1.73. The van der Waals surface area contributed by atoms with Gasteiger partial charge in [0, 0.05) is 40.4 Å². The molecule has 0 aliphatic heterocycles. The van der Waals surface area contributed by atoms with Crippen molar-refractivity contribution < 1.29 is 32.3 Å². The van der Waals surface area contributed by atoms with E-state index < -0.39 is 14.5 Å². The number of hydrogen-bond donors (Lipinski definition) is 3. The first kappa shape index (κ1) is 66.9. The van der Waals surface area contributed by atoms with Crippen molar-refractivity contribution in [3.05, 3.63) is 182 Å². The lowest BCUT2D eigenvalue weighted by Gasteiger charge is -2.27. The standard InChI is InChI=1S/C30H35N2OPS.C26H31N2PS.C4H6O2.CH4.ClH.H2O/c1-25(26(2)33)32-24-30(35)31-22-14-3-4-15-23-34(27-16-8-5-9-17-27,28-18-10-6-11-19-28)29-20-12-7-13-21-29;27-22-26(30)28-20-12-1-2-13-21-29(23-14-6-3-7-15-23,24-16-8-4-9-17-24)25-18-10-5-11-19-25;1-3(5)4(2)6;;;/h5-13,16-21H,3-4,14-15,22-24H2,1-2H3;3-11,14-19H,1-2,12-13,20-22,27H2;1-2H3;1H4;1H;1H2. The lowest BCUT2D eigenvalue weighted by atomic mass is 10.2. The lowest BCUT2D eigenvalue weighted by Crippen LogP contribution is -3.00. The van der Waals surface area contributed by atoms with E-state index in [1.165, 1.54) is 90.9 Å². The zero-order valence-electron chi connectivity index (χ0n) is 43.0. The summed E-state index contributed by atoms with van der Waals surface area (Å²) in [5.74, 6) is -0.766. The Morgan fingerprint density at radius 3 is 0.932 bits per heavy atom. The van der Waals surface area contributed by atoms with E-state index in [0.717, 1.165) is 43.5 Å². The highest BCUT2D eigenvalue weighted by Gasteiger charge is 2.45. The number of ketones is 3. The average molecular weight is 1090 g/mol. The van der Waals surface area contributed by atoms with Gasteiger partial charge in [-0.15, -0.1) is 0 Å². The smallest absolute Gasteiger partial charge is 0.195 e. The largest absolute Gasteiger partial charge is 1.00 e. The van der Waals surface area contributed by atoms with Crippen molar-refractivity contribution in [2.24, 2.45) is 10.7 Å². The van der Waals surface area contributed by atoms with Gasteiger partial charge in [0.05, 0.1) is 34.6 Å². The van der Waals surface area contributed by atoms with Crippen molar-refractivity contribution in [3.63, 3.8) is 0 Å². The molecule has 0 atom stereocenters. The molecule has 0 aromatic heterocycles. The van der Waals surface area contributed by atoms with Gasteiger partial charge < -0.3 is 34.3 Å². The van der Waals surface area contributed by atoms with Gasteiger partial charge >= 0.3 is 0 Å². The summed E-state index contributed by atoms with van der Waals surface area (Å²) in [7, 11) is -3.41. The molecule has 0 aliphatic rings. The van der Waals surface area contributed by atoms with Crippen LogP contribution in [0.25, 0.3) is 0 Å². The molecule has 0 amide bonds. The molecule has 6 rings (SSSR count). The number of nitrogens with two attached hydrogens (primary N) is 1. The number of halogens is 1.